The third kappa shape index (κ3) is 6.04. The Bertz CT molecular complexity index is 1140. The number of allylic oxidation sites excluding steroid dienone is 3. The lowest BCUT2D eigenvalue weighted by molar-refractivity contribution is -0.228. The lowest BCUT2D eigenvalue weighted by atomic mass is 9.65. The lowest BCUT2D eigenvalue weighted by Gasteiger charge is -2.41. The van der Waals surface area contributed by atoms with E-state index in [0.717, 1.165) is 18.2 Å². The molecule has 9 heteroatoms. The highest BCUT2D eigenvalue weighted by Gasteiger charge is 2.61. The maximum atomic E-state index is 14.8. The second kappa shape index (κ2) is 10.4. The Labute approximate surface area is 204 Å². The molecule has 0 saturated heterocycles. The van der Waals surface area contributed by atoms with Crippen LogP contribution in [0, 0.1) is 28.9 Å². The van der Waals surface area contributed by atoms with Gasteiger partial charge in [0.2, 0.25) is 0 Å². The van der Waals surface area contributed by atoms with Gasteiger partial charge < -0.3 is 9.84 Å². The number of hydrogen-bond donors (Lipinski definition) is 1. The highest BCUT2D eigenvalue weighted by Crippen LogP contribution is 2.56. The van der Waals surface area contributed by atoms with Crippen LogP contribution in [-0.4, -0.2) is 17.3 Å². The molecule has 0 aromatic heterocycles. The molecule has 2 aromatic rings. The molecule has 0 amide bonds. The molecule has 1 aliphatic carbocycles. The van der Waals surface area contributed by atoms with Crippen LogP contribution in [0.5, 0.6) is 0 Å². The van der Waals surface area contributed by atoms with Crippen molar-refractivity contribution < 1.29 is 36.6 Å². The van der Waals surface area contributed by atoms with Gasteiger partial charge in [-0.3, -0.25) is 4.79 Å². The normalized spacial score (nSPS) is 19.2. The lowest BCUT2D eigenvalue weighted by Crippen LogP contribution is -2.48. The van der Waals surface area contributed by atoms with Gasteiger partial charge in [0.05, 0.1) is 5.92 Å². The number of carboxylic acid groups (broad SMARTS) is 1. The third-order valence-electron chi connectivity index (χ3n) is 5.90. The van der Waals surface area contributed by atoms with Crippen LogP contribution in [0.4, 0.5) is 22.0 Å². The highest BCUT2D eigenvalue weighted by atomic mass is 35.5. The van der Waals surface area contributed by atoms with Crippen LogP contribution in [0.2, 0.25) is 5.02 Å². The molecule has 0 fully saturated rings. The molecule has 0 spiro atoms. The molecule has 2 atom stereocenters. The van der Waals surface area contributed by atoms with Gasteiger partial charge >= 0.3 is 12.1 Å². The molecule has 0 heterocycles. The zero-order valence-electron chi connectivity index (χ0n) is 19.0. The number of benzene rings is 2. The van der Waals surface area contributed by atoms with Crippen molar-refractivity contribution in [2.75, 3.05) is 0 Å². The number of ether oxygens (including phenoxy) is 1. The number of hydrogen-bond acceptors (Lipinski definition) is 2. The van der Waals surface area contributed by atoms with Crippen LogP contribution in [0.25, 0.3) is 5.57 Å². The van der Waals surface area contributed by atoms with E-state index in [-0.39, 0.29) is 34.3 Å². The van der Waals surface area contributed by atoms with E-state index >= 15 is 0 Å². The molecule has 35 heavy (non-hydrogen) atoms. The van der Waals surface area contributed by atoms with Gasteiger partial charge in [-0.25, -0.2) is 8.78 Å². The van der Waals surface area contributed by atoms with Crippen LogP contribution in [0.3, 0.4) is 0 Å². The van der Waals surface area contributed by atoms with Crippen LogP contribution < -0.4 is 0 Å². The fourth-order valence-electron chi connectivity index (χ4n) is 4.33. The summed E-state index contributed by atoms with van der Waals surface area (Å²) < 4.78 is 77.0. The Hall–Kier alpha value is -2.87. The molecule has 0 saturated carbocycles. The third-order valence-corrected chi connectivity index (χ3v) is 6.23. The van der Waals surface area contributed by atoms with Crippen LogP contribution in [0.1, 0.15) is 37.8 Å². The first-order valence-electron chi connectivity index (χ1n) is 10.9. The number of rotatable bonds is 8. The predicted molar refractivity (Wildman–Crippen MR) is 122 cm³/mol. The van der Waals surface area contributed by atoms with Crippen molar-refractivity contribution in [3.63, 3.8) is 0 Å². The smallest absolute Gasteiger partial charge is 0.399 e. The molecule has 3 nitrogen and oxygen atoms in total. The molecule has 1 N–H and O–H groups in total. The summed E-state index contributed by atoms with van der Waals surface area (Å²) in [4.78, 5) is 12.2. The maximum absolute atomic E-state index is 14.8. The van der Waals surface area contributed by atoms with Crippen LogP contribution in [0.15, 0.2) is 60.4 Å². The van der Waals surface area contributed by atoms with E-state index in [1.54, 1.807) is 32.0 Å². The van der Waals surface area contributed by atoms with Gasteiger partial charge in [0.1, 0.15) is 29.4 Å². The van der Waals surface area contributed by atoms with Crippen molar-refractivity contribution in [2.45, 2.75) is 39.5 Å². The minimum atomic E-state index is -4.95. The standard InChI is InChI=1S/C26H24ClF5O3/c1-15(2)7-22(24(33)34)25(26(30,31)32)12-17(21-5-3-4-6-23(21)27)10-20(13-25)35-14-16-8-18(28)11-19(29)9-16/h3-6,8-11,13,15,22H,7,12,14H2,1-2H3,(H,33,34). The van der Waals surface area contributed by atoms with Gasteiger partial charge in [0, 0.05) is 11.1 Å². The van der Waals surface area contributed by atoms with Crippen molar-refractivity contribution in [1.82, 2.24) is 0 Å². The maximum Gasteiger partial charge on any atom is 0.399 e. The molecule has 2 unspecified atom stereocenters. The number of carboxylic acids is 1. The second-order valence-corrected chi connectivity index (χ2v) is 9.40. The van der Waals surface area contributed by atoms with E-state index in [9.17, 15) is 31.9 Å². The number of aliphatic carboxylic acids is 1. The van der Waals surface area contributed by atoms with E-state index in [1.165, 1.54) is 12.1 Å². The molecular weight excluding hydrogens is 491 g/mol. The van der Waals surface area contributed by atoms with E-state index in [2.05, 4.69) is 0 Å². The molecular formula is C26H24ClF5O3. The minimum absolute atomic E-state index is 0.0660. The van der Waals surface area contributed by atoms with Gasteiger partial charge in [0.15, 0.2) is 0 Å². The first kappa shape index (κ1) is 26.7. The topological polar surface area (TPSA) is 46.5 Å². The molecule has 188 valence electrons. The molecule has 0 bridgehead atoms. The average Bonchev–Trinajstić information content (AvgIpc) is 2.74. The van der Waals surface area contributed by atoms with Gasteiger partial charge in [-0.2, -0.15) is 13.2 Å². The Morgan fingerprint density at radius 1 is 1.14 bits per heavy atom. The van der Waals surface area contributed by atoms with E-state index < -0.39 is 48.1 Å². The predicted octanol–water partition coefficient (Wildman–Crippen LogP) is 7.80. The second-order valence-electron chi connectivity index (χ2n) is 9.00. The van der Waals surface area contributed by atoms with Gasteiger partial charge in [-0.1, -0.05) is 43.6 Å². The fourth-order valence-corrected chi connectivity index (χ4v) is 4.59. The van der Waals surface area contributed by atoms with E-state index in [4.69, 9.17) is 16.3 Å². The van der Waals surface area contributed by atoms with E-state index in [0.29, 0.717) is 11.6 Å². The summed E-state index contributed by atoms with van der Waals surface area (Å²) in [7, 11) is 0. The summed E-state index contributed by atoms with van der Waals surface area (Å²) in [5.41, 5.74) is -2.28. The van der Waals surface area contributed by atoms with Crippen molar-refractivity contribution in [3.8, 4) is 0 Å². The Balaban J connectivity index is 2.14. The Kier molecular flexibility index (Phi) is 7.94. The SMILES string of the molecule is CC(C)CC(C(=O)O)C1(C(F)(F)F)C=C(OCc2cc(F)cc(F)c2)C=C(c2ccccc2Cl)C1. The fraction of sp³-hybridized carbons (Fsp3) is 0.346. The monoisotopic (exact) mass is 514 g/mol. The Morgan fingerprint density at radius 3 is 2.31 bits per heavy atom. The zero-order valence-corrected chi connectivity index (χ0v) is 19.8. The molecule has 0 radical (unpaired) electrons. The summed E-state index contributed by atoms with van der Waals surface area (Å²) in [5, 5.41) is 10.1. The van der Waals surface area contributed by atoms with Crippen LogP contribution in [-0.2, 0) is 16.1 Å². The van der Waals surface area contributed by atoms with Gasteiger partial charge in [-0.15, -0.1) is 0 Å². The summed E-state index contributed by atoms with van der Waals surface area (Å²) in [6.07, 6.45) is -3.71. The largest absolute Gasteiger partial charge is 0.489 e. The highest BCUT2D eigenvalue weighted by molar-refractivity contribution is 6.32. The average molecular weight is 515 g/mol. The number of halogens is 6. The summed E-state index contributed by atoms with van der Waals surface area (Å²) >= 11 is 6.26. The first-order chi connectivity index (χ1) is 16.3. The number of carbonyl (C=O) groups is 1. The summed E-state index contributed by atoms with van der Waals surface area (Å²) in [6.45, 7) is 2.86. The molecule has 0 aliphatic heterocycles. The molecule has 2 aromatic carbocycles. The summed E-state index contributed by atoms with van der Waals surface area (Å²) in [6, 6.07) is 8.95. The molecule has 1 aliphatic rings. The summed E-state index contributed by atoms with van der Waals surface area (Å²) in [5.74, 6) is -5.71. The zero-order chi connectivity index (χ0) is 26.0. The molecule has 3 rings (SSSR count). The van der Waals surface area contributed by atoms with Crippen molar-refractivity contribution in [3.05, 3.63) is 88.2 Å². The van der Waals surface area contributed by atoms with Gasteiger partial charge in [-0.05, 0) is 65.8 Å². The van der Waals surface area contributed by atoms with Crippen molar-refractivity contribution in [2.24, 2.45) is 17.3 Å². The van der Waals surface area contributed by atoms with E-state index in [1.807, 2.05) is 0 Å². The minimum Gasteiger partial charge on any atom is -0.489 e. The first-order valence-corrected chi connectivity index (χ1v) is 11.3. The van der Waals surface area contributed by atoms with Crippen LogP contribution >= 0.6 is 11.6 Å². The number of alkyl halides is 3. The van der Waals surface area contributed by atoms with Crippen molar-refractivity contribution in [1.29, 1.82) is 0 Å². The van der Waals surface area contributed by atoms with Gasteiger partial charge in [0.25, 0.3) is 0 Å². The quantitative estimate of drug-likeness (QED) is 0.365. The van der Waals surface area contributed by atoms with Crippen molar-refractivity contribution >= 4 is 23.1 Å². The Morgan fingerprint density at radius 2 is 1.77 bits per heavy atom.